The van der Waals surface area contributed by atoms with Gasteiger partial charge in [0.15, 0.2) is 0 Å². The van der Waals surface area contributed by atoms with Crippen LogP contribution in [-0.2, 0) is 9.84 Å². The molecule has 1 aromatic heterocycles. The number of aryl methyl sites for hydroxylation is 1. The van der Waals surface area contributed by atoms with Crippen molar-refractivity contribution in [1.82, 2.24) is 10.4 Å². The highest BCUT2D eigenvalue weighted by Gasteiger charge is 2.13. The lowest BCUT2D eigenvalue weighted by atomic mass is 10.0. The number of hydrogen-bond donors (Lipinski definition) is 2. The molecule has 0 aromatic carbocycles. The number of rotatable bonds is 7. The Morgan fingerprint density at radius 3 is 2.78 bits per heavy atom. The number of nitrogens with one attached hydrogen (secondary N) is 1. The van der Waals surface area contributed by atoms with E-state index in [0.29, 0.717) is 12.8 Å². The van der Waals surface area contributed by atoms with Crippen LogP contribution < -0.4 is 11.3 Å². The number of hydrazine groups is 1. The van der Waals surface area contributed by atoms with Gasteiger partial charge in [-0.05, 0) is 37.5 Å². The fourth-order valence-electron chi connectivity index (χ4n) is 1.78. The summed E-state index contributed by atoms with van der Waals surface area (Å²) in [7, 11) is -2.89. The number of sulfone groups is 1. The molecule has 0 amide bonds. The molecule has 0 bridgehead atoms. The largest absolute Gasteiger partial charge is 0.271 e. The fraction of sp³-hybridized carbons (Fsp3) is 0.583. The highest BCUT2D eigenvalue weighted by Crippen LogP contribution is 2.18. The third kappa shape index (κ3) is 4.72. The summed E-state index contributed by atoms with van der Waals surface area (Å²) in [5.41, 5.74) is 4.69. The first kappa shape index (κ1) is 15.1. The van der Waals surface area contributed by atoms with E-state index in [9.17, 15) is 8.42 Å². The minimum Gasteiger partial charge on any atom is -0.271 e. The summed E-state index contributed by atoms with van der Waals surface area (Å²) in [5.74, 6) is 5.93. The van der Waals surface area contributed by atoms with Gasteiger partial charge in [-0.25, -0.2) is 8.42 Å². The van der Waals surface area contributed by atoms with Gasteiger partial charge < -0.3 is 0 Å². The number of nitrogens with zero attached hydrogens (tertiary/aromatic N) is 1. The van der Waals surface area contributed by atoms with E-state index in [1.54, 1.807) is 13.1 Å². The van der Waals surface area contributed by atoms with Crippen LogP contribution in [0.4, 0.5) is 0 Å². The molecule has 0 saturated carbocycles. The number of aromatic nitrogens is 1. The van der Waals surface area contributed by atoms with Gasteiger partial charge in [-0.3, -0.25) is 16.3 Å². The van der Waals surface area contributed by atoms with Gasteiger partial charge in [0.25, 0.3) is 0 Å². The van der Waals surface area contributed by atoms with E-state index in [2.05, 4.69) is 10.4 Å². The van der Waals surface area contributed by atoms with Crippen molar-refractivity contribution >= 4 is 9.84 Å². The van der Waals surface area contributed by atoms with E-state index in [0.717, 1.165) is 11.3 Å². The minimum absolute atomic E-state index is 0.0289. The average Bonchev–Trinajstić information content (AvgIpc) is 2.34. The molecule has 0 aliphatic rings. The van der Waals surface area contributed by atoms with Gasteiger partial charge in [0.05, 0.1) is 5.75 Å². The number of hydrogen-bond acceptors (Lipinski definition) is 5. The highest BCUT2D eigenvalue weighted by molar-refractivity contribution is 7.91. The van der Waals surface area contributed by atoms with Gasteiger partial charge in [0.2, 0.25) is 0 Å². The van der Waals surface area contributed by atoms with E-state index in [4.69, 9.17) is 5.84 Å². The molecule has 6 heteroatoms. The quantitative estimate of drug-likeness (QED) is 0.573. The molecule has 1 aromatic rings. The molecule has 18 heavy (non-hydrogen) atoms. The molecule has 0 aliphatic heterocycles. The summed E-state index contributed by atoms with van der Waals surface area (Å²) >= 11 is 0. The Morgan fingerprint density at radius 1 is 1.50 bits per heavy atom. The lowest BCUT2D eigenvalue weighted by molar-refractivity contribution is 0.506. The first-order chi connectivity index (χ1) is 8.48. The summed E-state index contributed by atoms with van der Waals surface area (Å²) in [4.78, 5) is 4.12. The highest BCUT2D eigenvalue weighted by atomic mass is 32.2. The van der Waals surface area contributed by atoms with Crippen molar-refractivity contribution in [3.05, 3.63) is 29.6 Å². The Hall–Kier alpha value is -0.980. The standard InChI is InChI=1S/C12H21N3O2S/c1-3-18(16,17)8-4-5-12(15-13)11-6-7-14-10(2)9-11/h6-7,9,12,15H,3-5,8,13H2,1-2H3. The Morgan fingerprint density at radius 2 is 2.22 bits per heavy atom. The van der Waals surface area contributed by atoms with E-state index < -0.39 is 9.84 Å². The maximum Gasteiger partial charge on any atom is 0.150 e. The second kappa shape index (κ2) is 6.82. The van der Waals surface area contributed by atoms with Crippen LogP contribution >= 0.6 is 0 Å². The second-order valence-corrected chi connectivity index (χ2v) is 6.80. The lowest BCUT2D eigenvalue weighted by Crippen LogP contribution is -2.28. The third-order valence-corrected chi connectivity index (χ3v) is 4.70. The van der Waals surface area contributed by atoms with Crippen molar-refractivity contribution in [2.75, 3.05) is 11.5 Å². The van der Waals surface area contributed by atoms with Gasteiger partial charge in [0, 0.05) is 23.7 Å². The molecule has 0 aliphatic carbocycles. The summed E-state index contributed by atoms with van der Waals surface area (Å²) < 4.78 is 22.8. The summed E-state index contributed by atoms with van der Waals surface area (Å²) in [6.45, 7) is 3.58. The first-order valence-electron chi connectivity index (χ1n) is 6.07. The molecule has 1 unspecified atom stereocenters. The van der Waals surface area contributed by atoms with Crippen LogP contribution in [-0.4, -0.2) is 24.9 Å². The molecular formula is C12H21N3O2S. The van der Waals surface area contributed by atoms with Crippen LogP contribution in [0.25, 0.3) is 0 Å². The summed E-state index contributed by atoms with van der Waals surface area (Å²) in [6.07, 6.45) is 3.03. The third-order valence-electron chi connectivity index (χ3n) is 2.91. The van der Waals surface area contributed by atoms with Crippen molar-refractivity contribution in [3.8, 4) is 0 Å². The molecule has 0 radical (unpaired) electrons. The molecule has 1 heterocycles. The number of nitrogens with two attached hydrogens (primary N) is 1. The zero-order valence-electron chi connectivity index (χ0n) is 10.9. The van der Waals surface area contributed by atoms with Crippen LogP contribution in [0.1, 0.15) is 37.1 Å². The van der Waals surface area contributed by atoms with Gasteiger partial charge in [0.1, 0.15) is 9.84 Å². The van der Waals surface area contributed by atoms with Crippen LogP contribution in [0.15, 0.2) is 18.3 Å². The van der Waals surface area contributed by atoms with Crippen LogP contribution in [0.2, 0.25) is 0 Å². The molecule has 0 spiro atoms. The van der Waals surface area contributed by atoms with Gasteiger partial charge in [-0.15, -0.1) is 0 Å². The van der Waals surface area contributed by atoms with Gasteiger partial charge in [-0.2, -0.15) is 0 Å². The van der Waals surface area contributed by atoms with Crippen molar-refractivity contribution in [1.29, 1.82) is 0 Å². The predicted octanol–water partition coefficient (Wildman–Crippen LogP) is 1.11. The molecule has 0 fully saturated rings. The van der Waals surface area contributed by atoms with E-state index in [1.165, 1.54) is 0 Å². The molecule has 1 rings (SSSR count). The normalized spacial score (nSPS) is 13.5. The maximum atomic E-state index is 11.4. The van der Waals surface area contributed by atoms with E-state index >= 15 is 0 Å². The molecule has 1 atom stereocenters. The first-order valence-corrected chi connectivity index (χ1v) is 7.89. The Kier molecular flexibility index (Phi) is 5.71. The zero-order valence-corrected chi connectivity index (χ0v) is 11.7. The van der Waals surface area contributed by atoms with Gasteiger partial charge in [-0.1, -0.05) is 6.92 Å². The molecule has 0 saturated heterocycles. The summed E-state index contributed by atoms with van der Waals surface area (Å²) in [5, 5.41) is 0. The minimum atomic E-state index is -2.89. The van der Waals surface area contributed by atoms with Crippen LogP contribution in [0, 0.1) is 6.92 Å². The Balaban J connectivity index is 2.58. The van der Waals surface area contributed by atoms with Crippen LogP contribution in [0.3, 0.4) is 0 Å². The topological polar surface area (TPSA) is 85.1 Å². The van der Waals surface area contributed by atoms with E-state index in [-0.39, 0.29) is 17.5 Å². The second-order valence-electron chi connectivity index (χ2n) is 4.33. The SMILES string of the molecule is CCS(=O)(=O)CCCC(NN)c1ccnc(C)c1. The Labute approximate surface area is 109 Å². The maximum absolute atomic E-state index is 11.4. The predicted molar refractivity (Wildman–Crippen MR) is 72.6 cm³/mol. The number of pyridine rings is 1. The molecular weight excluding hydrogens is 250 g/mol. The fourth-order valence-corrected chi connectivity index (χ4v) is 2.68. The average molecular weight is 271 g/mol. The van der Waals surface area contributed by atoms with Gasteiger partial charge >= 0.3 is 0 Å². The monoisotopic (exact) mass is 271 g/mol. The van der Waals surface area contributed by atoms with E-state index in [1.807, 2.05) is 19.1 Å². The zero-order chi connectivity index (χ0) is 13.6. The van der Waals surface area contributed by atoms with Crippen molar-refractivity contribution < 1.29 is 8.42 Å². The Bertz CT molecular complexity index is 474. The van der Waals surface area contributed by atoms with Crippen molar-refractivity contribution in [2.45, 2.75) is 32.7 Å². The summed E-state index contributed by atoms with van der Waals surface area (Å²) in [6, 6.07) is 3.82. The van der Waals surface area contributed by atoms with Crippen LogP contribution in [0.5, 0.6) is 0 Å². The lowest BCUT2D eigenvalue weighted by Gasteiger charge is -2.16. The molecule has 102 valence electrons. The van der Waals surface area contributed by atoms with Crippen molar-refractivity contribution in [3.63, 3.8) is 0 Å². The smallest absolute Gasteiger partial charge is 0.150 e. The van der Waals surface area contributed by atoms with Crippen molar-refractivity contribution in [2.24, 2.45) is 5.84 Å². The molecule has 3 N–H and O–H groups in total. The molecule has 5 nitrogen and oxygen atoms in total.